The van der Waals surface area contributed by atoms with E-state index in [1.54, 1.807) is 0 Å². The van der Waals surface area contributed by atoms with Crippen LogP contribution in [0.4, 0.5) is 0 Å². The number of hydrogen-bond donors (Lipinski definition) is 0. The maximum Gasteiger partial charge on any atom is 1.00 e. The largest absolute Gasteiger partial charge is 1.00 e. The molecule has 0 aliphatic rings. The molecule has 0 heterocycles. The molecule has 0 radical (unpaired) electrons. The molecule has 1 unspecified atom stereocenters. The molecule has 1 nitrogen and oxygen atoms in total. The average molecular weight is 127 g/mol. The fraction of sp³-hybridized carbons (Fsp3) is 1.00. The van der Waals surface area contributed by atoms with E-state index in [1.807, 2.05) is 25.9 Å². The van der Waals surface area contributed by atoms with E-state index in [0.717, 1.165) is 0 Å². The summed E-state index contributed by atoms with van der Waals surface area (Å²) in [5.41, 5.74) is 0. The fourth-order valence-electron chi connectivity index (χ4n) is 0. The van der Waals surface area contributed by atoms with Gasteiger partial charge in [0.2, 0.25) is 0 Å². The van der Waals surface area contributed by atoms with Crippen LogP contribution < -0.4 is 29.6 Å². The molecule has 0 aromatic heterocycles. The monoisotopic (exact) mass is 127 g/mol. The van der Waals surface area contributed by atoms with Gasteiger partial charge in [0.05, 0.1) is 0 Å². The zero-order chi connectivity index (χ0) is 5.15. The molecule has 0 bridgehead atoms. The molecule has 0 spiro atoms. The van der Waals surface area contributed by atoms with Crippen molar-refractivity contribution in [3.63, 3.8) is 0 Å². The Morgan fingerprint density at radius 2 is 1.57 bits per heavy atom. The summed E-state index contributed by atoms with van der Waals surface area (Å²) in [6.07, 6.45) is 0. The second kappa shape index (κ2) is 5.45. The molecule has 0 saturated heterocycles. The van der Waals surface area contributed by atoms with Gasteiger partial charge in [0.25, 0.3) is 0 Å². The van der Waals surface area contributed by atoms with Crippen LogP contribution in [0.1, 0.15) is 6.92 Å². The second-order valence-corrected chi connectivity index (χ2v) is 2.25. The number of hydrogen-bond acceptors (Lipinski definition) is 2. The van der Waals surface area contributed by atoms with Crippen LogP contribution in [0.15, 0.2) is 0 Å². The summed E-state index contributed by atoms with van der Waals surface area (Å²) in [7, 11) is 3.94. The van der Waals surface area contributed by atoms with Crippen molar-refractivity contribution >= 4 is 12.6 Å². The molecule has 0 aromatic carbocycles. The summed E-state index contributed by atoms with van der Waals surface area (Å²) in [5.74, 6) is 0. The van der Waals surface area contributed by atoms with Crippen LogP contribution in [0.3, 0.4) is 0 Å². The van der Waals surface area contributed by atoms with Gasteiger partial charge < -0.3 is 17.5 Å². The van der Waals surface area contributed by atoms with Crippen molar-refractivity contribution in [2.24, 2.45) is 0 Å². The van der Waals surface area contributed by atoms with Crippen molar-refractivity contribution in [1.82, 2.24) is 4.90 Å². The standard InChI is InChI=1S/C4H11NS.Na/c1-4(6)5(2)3;/h4,6H,1-3H3;/q;+1/p-1. The van der Waals surface area contributed by atoms with Crippen LogP contribution in [-0.4, -0.2) is 24.4 Å². The second-order valence-electron chi connectivity index (χ2n) is 1.56. The van der Waals surface area contributed by atoms with Gasteiger partial charge in [0.15, 0.2) is 0 Å². The molecule has 0 amide bonds. The molecule has 0 aliphatic carbocycles. The van der Waals surface area contributed by atoms with Crippen molar-refractivity contribution in [3.8, 4) is 0 Å². The number of rotatable bonds is 1. The van der Waals surface area contributed by atoms with Crippen LogP contribution in [-0.2, 0) is 12.6 Å². The van der Waals surface area contributed by atoms with Crippen LogP contribution in [0.25, 0.3) is 0 Å². The van der Waals surface area contributed by atoms with E-state index in [9.17, 15) is 0 Å². The van der Waals surface area contributed by atoms with Crippen molar-refractivity contribution < 1.29 is 29.6 Å². The normalized spacial score (nSPS) is 13.3. The molecular weight excluding hydrogens is 117 g/mol. The first-order valence-electron chi connectivity index (χ1n) is 1.97. The predicted molar refractivity (Wildman–Crippen MR) is 30.5 cm³/mol. The molecule has 0 fully saturated rings. The van der Waals surface area contributed by atoms with E-state index in [0.29, 0.717) is 0 Å². The van der Waals surface area contributed by atoms with E-state index in [-0.39, 0.29) is 34.9 Å². The fourth-order valence-corrected chi connectivity index (χ4v) is 0. The first-order valence-corrected chi connectivity index (χ1v) is 2.44. The Hall–Kier alpha value is 1.31. The van der Waals surface area contributed by atoms with Crippen LogP contribution in [0.5, 0.6) is 0 Å². The molecule has 38 valence electrons. The molecule has 0 aromatic rings. The van der Waals surface area contributed by atoms with E-state index in [4.69, 9.17) is 12.6 Å². The third-order valence-corrected chi connectivity index (χ3v) is 1.15. The predicted octanol–water partition coefficient (Wildman–Crippen LogP) is -2.56. The zero-order valence-electron chi connectivity index (χ0n) is 5.43. The molecule has 0 rings (SSSR count). The Labute approximate surface area is 73.2 Å². The van der Waals surface area contributed by atoms with Gasteiger partial charge in [-0.05, 0) is 14.1 Å². The first-order chi connectivity index (χ1) is 2.64. The quantitative estimate of drug-likeness (QED) is 0.282. The van der Waals surface area contributed by atoms with Gasteiger partial charge in [0, 0.05) is 0 Å². The van der Waals surface area contributed by atoms with Crippen molar-refractivity contribution in [3.05, 3.63) is 0 Å². The van der Waals surface area contributed by atoms with E-state index >= 15 is 0 Å². The van der Waals surface area contributed by atoms with Crippen molar-refractivity contribution in [1.29, 1.82) is 0 Å². The maximum absolute atomic E-state index is 4.83. The summed E-state index contributed by atoms with van der Waals surface area (Å²) in [6, 6.07) is 0. The average Bonchev–Trinajstić information content (AvgIpc) is 1.36. The molecule has 0 saturated carbocycles. The Bertz CT molecular complexity index is 32.7. The van der Waals surface area contributed by atoms with Crippen molar-refractivity contribution in [2.45, 2.75) is 12.3 Å². The molecule has 7 heavy (non-hydrogen) atoms. The SMILES string of the molecule is CC([S-])N(C)C.[Na+]. The summed E-state index contributed by atoms with van der Waals surface area (Å²) in [5, 5.41) is 0.269. The molecule has 0 aliphatic heterocycles. The van der Waals surface area contributed by atoms with Gasteiger partial charge in [-0.1, -0.05) is 6.92 Å². The zero-order valence-corrected chi connectivity index (χ0v) is 8.25. The van der Waals surface area contributed by atoms with E-state index < -0.39 is 0 Å². The minimum absolute atomic E-state index is 0. The number of nitrogens with zero attached hydrogens (tertiary/aromatic N) is 1. The summed E-state index contributed by atoms with van der Waals surface area (Å²) < 4.78 is 0. The smallest absolute Gasteiger partial charge is 0.774 e. The summed E-state index contributed by atoms with van der Waals surface area (Å²) in [6.45, 7) is 1.98. The summed E-state index contributed by atoms with van der Waals surface area (Å²) in [4.78, 5) is 1.98. The molecule has 3 heteroatoms. The van der Waals surface area contributed by atoms with Crippen LogP contribution in [0, 0.1) is 0 Å². The van der Waals surface area contributed by atoms with Crippen molar-refractivity contribution in [2.75, 3.05) is 14.1 Å². The Morgan fingerprint density at radius 3 is 1.57 bits per heavy atom. The minimum atomic E-state index is 0. The van der Waals surface area contributed by atoms with Gasteiger partial charge in [0.1, 0.15) is 0 Å². The van der Waals surface area contributed by atoms with E-state index in [2.05, 4.69) is 0 Å². The molecule has 1 atom stereocenters. The van der Waals surface area contributed by atoms with Gasteiger partial charge in [-0.2, -0.15) is 0 Å². The Morgan fingerprint density at radius 1 is 1.43 bits per heavy atom. The molecular formula is C4H10NNaS. The van der Waals surface area contributed by atoms with Crippen LogP contribution >= 0.6 is 0 Å². The maximum atomic E-state index is 4.83. The minimum Gasteiger partial charge on any atom is -0.774 e. The third kappa shape index (κ3) is 7.31. The topological polar surface area (TPSA) is 3.24 Å². The third-order valence-electron chi connectivity index (χ3n) is 0.727. The first kappa shape index (κ1) is 11.2. The van der Waals surface area contributed by atoms with Gasteiger partial charge in [-0.25, -0.2) is 0 Å². The van der Waals surface area contributed by atoms with Gasteiger partial charge in [-0.3, -0.25) is 0 Å². The Kier molecular flexibility index (Phi) is 8.68. The summed E-state index contributed by atoms with van der Waals surface area (Å²) >= 11 is 4.83. The van der Waals surface area contributed by atoms with Gasteiger partial charge in [-0.15, -0.1) is 5.37 Å². The van der Waals surface area contributed by atoms with Gasteiger partial charge >= 0.3 is 29.6 Å². The van der Waals surface area contributed by atoms with E-state index in [1.165, 1.54) is 0 Å². The van der Waals surface area contributed by atoms with Crippen LogP contribution in [0.2, 0.25) is 0 Å². The Balaban J connectivity index is 0. The molecule has 0 N–H and O–H groups in total.